The first kappa shape index (κ1) is 12.0. The summed E-state index contributed by atoms with van der Waals surface area (Å²) in [5, 5.41) is 7.17. The molecule has 2 aromatic heterocycles. The van der Waals surface area contributed by atoms with E-state index in [0.717, 1.165) is 11.3 Å². The van der Waals surface area contributed by atoms with Crippen LogP contribution in [0.4, 0.5) is 10.2 Å². The van der Waals surface area contributed by atoms with Crippen LogP contribution in [-0.4, -0.2) is 14.8 Å². The predicted octanol–water partition coefficient (Wildman–Crippen LogP) is 2.64. The normalized spacial score (nSPS) is 10.6. The number of hydrogen-bond donors (Lipinski definition) is 1. The van der Waals surface area contributed by atoms with Crippen LogP contribution < -0.4 is 5.32 Å². The number of nitrogens with zero attached hydrogens (tertiary/aromatic N) is 3. The molecule has 0 aliphatic heterocycles. The maximum atomic E-state index is 13.5. The van der Waals surface area contributed by atoms with Gasteiger partial charge in [0.2, 0.25) is 0 Å². The van der Waals surface area contributed by atoms with Crippen molar-refractivity contribution in [3.63, 3.8) is 0 Å². The Kier molecular flexibility index (Phi) is 3.42. The SMILES string of the molecule is Cc1nn(C)cc1CNc1ncc(Br)cc1F. The van der Waals surface area contributed by atoms with Crippen LogP contribution in [0, 0.1) is 12.7 Å². The molecule has 0 aromatic carbocycles. The average Bonchev–Trinajstić information content (AvgIpc) is 2.56. The van der Waals surface area contributed by atoms with Crippen molar-refractivity contribution in [2.24, 2.45) is 7.05 Å². The fraction of sp³-hybridized carbons (Fsp3) is 0.273. The Balaban J connectivity index is 2.10. The van der Waals surface area contributed by atoms with E-state index in [2.05, 4.69) is 31.3 Å². The molecule has 0 amide bonds. The Labute approximate surface area is 107 Å². The topological polar surface area (TPSA) is 42.7 Å². The fourth-order valence-corrected chi connectivity index (χ4v) is 1.85. The minimum Gasteiger partial charge on any atom is -0.363 e. The lowest BCUT2D eigenvalue weighted by molar-refractivity contribution is 0.623. The van der Waals surface area contributed by atoms with Crippen LogP contribution in [0.3, 0.4) is 0 Å². The second kappa shape index (κ2) is 4.83. The summed E-state index contributed by atoms with van der Waals surface area (Å²) < 4.78 is 15.8. The monoisotopic (exact) mass is 298 g/mol. The smallest absolute Gasteiger partial charge is 0.166 e. The number of pyridine rings is 1. The molecular weight excluding hydrogens is 287 g/mol. The van der Waals surface area contributed by atoms with Crippen molar-refractivity contribution in [1.82, 2.24) is 14.8 Å². The highest BCUT2D eigenvalue weighted by Gasteiger charge is 2.06. The summed E-state index contributed by atoms with van der Waals surface area (Å²) >= 11 is 3.16. The molecule has 4 nitrogen and oxygen atoms in total. The predicted molar refractivity (Wildman–Crippen MR) is 67.2 cm³/mol. The first-order valence-electron chi connectivity index (χ1n) is 5.10. The van der Waals surface area contributed by atoms with Crippen molar-refractivity contribution in [3.05, 3.63) is 40.0 Å². The molecule has 0 saturated carbocycles. The first-order chi connectivity index (χ1) is 8.06. The van der Waals surface area contributed by atoms with Crippen molar-refractivity contribution >= 4 is 21.7 Å². The average molecular weight is 299 g/mol. The second-order valence-corrected chi connectivity index (χ2v) is 4.67. The highest BCUT2D eigenvalue weighted by molar-refractivity contribution is 9.10. The maximum absolute atomic E-state index is 13.5. The van der Waals surface area contributed by atoms with E-state index in [0.29, 0.717) is 11.0 Å². The zero-order valence-corrected chi connectivity index (χ0v) is 11.1. The standard InChI is InChI=1S/C11H12BrFN4/c1-7-8(6-17(2)16-7)4-14-11-10(13)3-9(12)5-15-11/h3,5-6H,4H2,1-2H3,(H,14,15). The Morgan fingerprint density at radius 2 is 2.29 bits per heavy atom. The quantitative estimate of drug-likeness (QED) is 0.947. The minimum atomic E-state index is -0.374. The third kappa shape index (κ3) is 2.82. The van der Waals surface area contributed by atoms with E-state index in [-0.39, 0.29) is 11.6 Å². The zero-order chi connectivity index (χ0) is 12.4. The van der Waals surface area contributed by atoms with Crippen LogP contribution in [0.2, 0.25) is 0 Å². The number of nitrogens with one attached hydrogen (secondary N) is 1. The van der Waals surface area contributed by atoms with Gasteiger partial charge in [0.1, 0.15) is 0 Å². The first-order valence-corrected chi connectivity index (χ1v) is 5.89. The van der Waals surface area contributed by atoms with Gasteiger partial charge in [-0.05, 0) is 28.9 Å². The molecule has 0 saturated heterocycles. The van der Waals surface area contributed by atoms with E-state index in [1.807, 2.05) is 20.2 Å². The molecule has 1 N–H and O–H groups in total. The van der Waals surface area contributed by atoms with Crippen molar-refractivity contribution in [3.8, 4) is 0 Å². The number of hydrogen-bond acceptors (Lipinski definition) is 3. The van der Waals surface area contributed by atoms with Crippen LogP contribution in [-0.2, 0) is 13.6 Å². The van der Waals surface area contributed by atoms with E-state index < -0.39 is 0 Å². The fourth-order valence-electron chi connectivity index (χ4n) is 1.55. The van der Waals surface area contributed by atoms with Gasteiger partial charge < -0.3 is 5.32 Å². The molecule has 90 valence electrons. The number of aromatic nitrogens is 3. The second-order valence-electron chi connectivity index (χ2n) is 3.75. The lowest BCUT2D eigenvalue weighted by atomic mass is 10.2. The van der Waals surface area contributed by atoms with Crippen molar-refractivity contribution in [1.29, 1.82) is 0 Å². The van der Waals surface area contributed by atoms with Crippen molar-refractivity contribution in [2.45, 2.75) is 13.5 Å². The van der Waals surface area contributed by atoms with Crippen LogP contribution in [0.1, 0.15) is 11.3 Å². The highest BCUT2D eigenvalue weighted by Crippen LogP contribution is 2.17. The molecule has 0 radical (unpaired) electrons. The Hall–Kier alpha value is -1.43. The van der Waals surface area contributed by atoms with E-state index in [9.17, 15) is 4.39 Å². The van der Waals surface area contributed by atoms with Gasteiger partial charge in [0, 0.05) is 36.0 Å². The van der Waals surface area contributed by atoms with E-state index in [4.69, 9.17) is 0 Å². The highest BCUT2D eigenvalue weighted by atomic mass is 79.9. The number of aryl methyl sites for hydroxylation is 2. The molecule has 0 aliphatic carbocycles. The summed E-state index contributed by atoms with van der Waals surface area (Å²) in [4.78, 5) is 3.97. The molecule has 0 unspecified atom stereocenters. The molecule has 0 spiro atoms. The molecule has 2 rings (SSSR count). The Morgan fingerprint density at radius 1 is 1.53 bits per heavy atom. The van der Waals surface area contributed by atoms with E-state index in [1.165, 1.54) is 6.07 Å². The van der Waals surface area contributed by atoms with Gasteiger partial charge in [-0.15, -0.1) is 0 Å². The van der Waals surface area contributed by atoms with Gasteiger partial charge in [-0.1, -0.05) is 0 Å². The van der Waals surface area contributed by atoms with Gasteiger partial charge >= 0.3 is 0 Å². The van der Waals surface area contributed by atoms with Crippen LogP contribution >= 0.6 is 15.9 Å². The van der Waals surface area contributed by atoms with Gasteiger partial charge in [-0.3, -0.25) is 4.68 Å². The molecular formula is C11H12BrFN4. The molecule has 2 aromatic rings. The molecule has 0 atom stereocenters. The molecule has 2 heterocycles. The number of rotatable bonds is 3. The number of anilines is 1. The largest absolute Gasteiger partial charge is 0.363 e. The van der Waals surface area contributed by atoms with Gasteiger partial charge in [-0.2, -0.15) is 5.10 Å². The summed E-state index contributed by atoms with van der Waals surface area (Å²) in [5.41, 5.74) is 1.95. The lowest BCUT2D eigenvalue weighted by Crippen LogP contribution is -2.03. The summed E-state index contributed by atoms with van der Waals surface area (Å²) in [7, 11) is 1.86. The van der Waals surface area contributed by atoms with Crippen LogP contribution in [0.5, 0.6) is 0 Å². The molecule has 6 heteroatoms. The lowest BCUT2D eigenvalue weighted by Gasteiger charge is -2.05. The Bertz CT molecular complexity index is 538. The van der Waals surface area contributed by atoms with Gasteiger partial charge in [0.25, 0.3) is 0 Å². The van der Waals surface area contributed by atoms with Crippen LogP contribution in [0.25, 0.3) is 0 Å². The van der Waals surface area contributed by atoms with Gasteiger partial charge in [-0.25, -0.2) is 9.37 Å². The Morgan fingerprint density at radius 3 is 2.88 bits per heavy atom. The third-order valence-electron chi connectivity index (χ3n) is 2.37. The van der Waals surface area contributed by atoms with Crippen molar-refractivity contribution in [2.75, 3.05) is 5.32 Å². The van der Waals surface area contributed by atoms with Crippen LogP contribution in [0.15, 0.2) is 22.9 Å². The molecule has 0 bridgehead atoms. The number of halogens is 2. The minimum absolute atomic E-state index is 0.247. The van der Waals surface area contributed by atoms with Crippen molar-refractivity contribution < 1.29 is 4.39 Å². The van der Waals surface area contributed by atoms with E-state index in [1.54, 1.807) is 10.9 Å². The van der Waals surface area contributed by atoms with Gasteiger partial charge in [0.05, 0.1) is 5.69 Å². The molecule has 0 fully saturated rings. The van der Waals surface area contributed by atoms with E-state index >= 15 is 0 Å². The molecule has 17 heavy (non-hydrogen) atoms. The zero-order valence-electron chi connectivity index (χ0n) is 9.54. The summed E-state index contributed by atoms with van der Waals surface area (Å²) in [6, 6.07) is 1.38. The summed E-state index contributed by atoms with van der Waals surface area (Å²) in [6.07, 6.45) is 3.46. The summed E-state index contributed by atoms with van der Waals surface area (Å²) in [6.45, 7) is 2.42. The van der Waals surface area contributed by atoms with Gasteiger partial charge in [0.15, 0.2) is 11.6 Å². The molecule has 0 aliphatic rings. The summed E-state index contributed by atoms with van der Waals surface area (Å²) in [5.74, 6) is -0.127. The maximum Gasteiger partial charge on any atom is 0.166 e. The third-order valence-corrected chi connectivity index (χ3v) is 2.80.